The molecular formula is C8H14O2. The number of hydrogen-bond acceptors (Lipinski definition) is 1. The molecule has 0 amide bonds. The molecule has 1 fully saturated rings. The average molecular weight is 142 g/mol. The van der Waals surface area contributed by atoms with Crippen molar-refractivity contribution in [1.82, 2.24) is 0 Å². The third kappa shape index (κ3) is 2.38. The highest BCUT2D eigenvalue weighted by Crippen LogP contribution is 2.41. The van der Waals surface area contributed by atoms with Crippen LogP contribution in [0.4, 0.5) is 0 Å². The van der Waals surface area contributed by atoms with Crippen LogP contribution in [0.2, 0.25) is 0 Å². The maximum Gasteiger partial charge on any atom is 0.303 e. The molecule has 1 aliphatic carbocycles. The Bertz CT molecular complexity index is 131. The Morgan fingerprint density at radius 2 is 2.30 bits per heavy atom. The molecule has 2 heteroatoms. The predicted octanol–water partition coefficient (Wildman–Crippen LogP) is 1.90. The van der Waals surface area contributed by atoms with Gasteiger partial charge in [-0.15, -0.1) is 0 Å². The minimum absolute atomic E-state index is 0.350. The molecule has 1 aliphatic rings. The number of hydrogen-bond donors (Lipinski definition) is 1. The third-order valence-electron chi connectivity index (χ3n) is 2.24. The van der Waals surface area contributed by atoms with E-state index in [0.717, 1.165) is 24.7 Å². The van der Waals surface area contributed by atoms with E-state index in [2.05, 4.69) is 6.92 Å². The van der Waals surface area contributed by atoms with Crippen molar-refractivity contribution < 1.29 is 9.90 Å². The lowest BCUT2D eigenvalue weighted by atomic mass is 10.1. The summed E-state index contributed by atoms with van der Waals surface area (Å²) in [6, 6.07) is 0. The zero-order valence-electron chi connectivity index (χ0n) is 6.34. The standard InChI is InChI=1S/C8H14O2/c1-6-5-7(6)3-2-4-8(9)10/h6-7H,2-5H2,1H3,(H,9,10)/t6-,7+/m0/s1. The van der Waals surface area contributed by atoms with Gasteiger partial charge in [-0.2, -0.15) is 0 Å². The first-order valence-corrected chi connectivity index (χ1v) is 3.92. The molecule has 0 aliphatic heterocycles. The van der Waals surface area contributed by atoms with Crippen molar-refractivity contribution in [3.8, 4) is 0 Å². The van der Waals surface area contributed by atoms with Crippen molar-refractivity contribution in [3.05, 3.63) is 0 Å². The average Bonchev–Trinajstić information content (AvgIpc) is 2.46. The Balaban J connectivity index is 1.91. The summed E-state index contributed by atoms with van der Waals surface area (Å²) in [6.45, 7) is 2.23. The maximum absolute atomic E-state index is 10.1. The van der Waals surface area contributed by atoms with E-state index in [4.69, 9.17) is 5.11 Å². The largest absolute Gasteiger partial charge is 0.481 e. The number of carboxylic acid groups (broad SMARTS) is 1. The van der Waals surface area contributed by atoms with Gasteiger partial charge in [0.2, 0.25) is 0 Å². The highest BCUT2D eigenvalue weighted by molar-refractivity contribution is 5.66. The van der Waals surface area contributed by atoms with E-state index in [1.807, 2.05) is 0 Å². The molecule has 10 heavy (non-hydrogen) atoms. The zero-order valence-corrected chi connectivity index (χ0v) is 6.34. The lowest BCUT2D eigenvalue weighted by Gasteiger charge is -1.93. The van der Waals surface area contributed by atoms with Gasteiger partial charge in [-0.1, -0.05) is 6.92 Å². The molecule has 0 aromatic heterocycles. The second-order valence-corrected chi connectivity index (χ2v) is 3.26. The van der Waals surface area contributed by atoms with Gasteiger partial charge in [0, 0.05) is 6.42 Å². The fourth-order valence-corrected chi connectivity index (χ4v) is 1.32. The van der Waals surface area contributed by atoms with Gasteiger partial charge >= 0.3 is 5.97 Å². The quantitative estimate of drug-likeness (QED) is 0.650. The molecule has 58 valence electrons. The molecule has 1 N–H and O–H groups in total. The van der Waals surface area contributed by atoms with Crippen LogP contribution in [0.15, 0.2) is 0 Å². The Morgan fingerprint density at radius 3 is 2.70 bits per heavy atom. The lowest BCUT2D eigenvalue weighted by Crippen LogP contribution is -1.94. The molecule has 0 unspecified atom stereocenters. The van der Waals surface area contributed by atoms with Gasteiger partial charge in [0.15, 0.2) is 0 Å². The van der Waals surface area contributed by atoms with Gasteiger partial charge in [0.1, 0.15) is 0 Å². The summed E-state index contributed by atoms with van der Waals surface area (Å²) in [5, 5.41) is 8.31. The number of carbonyl (C=O) groups is 1. The monoisotopic (exact) mass is 142 g/mol. The normalized spacial score (nSPS) is 30.1. The van der Waals surface area contributed by atoms with E-state index < -0.39 is 5.97 Å². The fourth-order valence-electron chi connectivity index (χ4n) is 1.32. The molecule has 0 aromatic rings. The summed E-state index contributed by atoms with van der Waals surface area (Å²) >= 11 is 0. The van der Waals surface area contributed by atoms with Crippen molar-refractivity contribution in [2.45, 2.75) is 32.6 Å². The third-order valence-corrected chi connectivity index (χ3v) is 2.24. The van der Waals surface area contributed by atoms with Gasteiger partial charge in [-0.3, -0.25) is 4.79 Å². The van der Waals surface area contributed by atoms with Crippen LogP contribution < -0.4 is 0 Å². The molecule has 1 rings (SSSR count). The van der Waals surface area contributed by atoms with E-state index in [0.29, 0.717) is 6.42 Å². The van der Waals surface area contributed by atoms with Crippen molar-refractivity contribution in [3.63, 3.8) is 0 Å². The van der Waals surface area contributed by atoms with Crippen LogP contribution in [0.5, 0.6) is 0 Å². The summed E-state index contributed by atoms with van der Waals surface area (Å²) in [7, 11) is 0. The van der Waals surface area contributed by atoms with Crippen LogP contribution in [-0.4, -0.2) is 11.1 Å². The number of rotatable bonds is 4. The van der Waals surface area contributed by atoms with Gasteiger partial charge in [-0.05, 0) is 31.1 Å². The van der Waals surface area contributed by atoms with Gasteiger partial charge in [0.25, 0.3) is 0 Å². The molecule has 0 bridgehead atoms. The van der Waals surface area contributed by atoms with Crippen LogP contribution in [0.1, 0.15) is 32.6 Å². The Kier molecular flexibility index (Phi) is 2.30. The van der Waals surface area contributed by atoms with Crippen LogP contribution in [-0.2, 0) is 4.79 Å². The van der Waals surface area contributed by atoms with E-state index in [-0.39, 0.29) is 0 Å². The topological polar surface area (TPSA) is 37.3 Å². The maximum atomic E-state index is 10.1. The van der Waals surface area contributed by atoms with Crippen molar-refractivity contribution in [1.29, 1.82) is 0 Å². The van der Waals surface area contributed by atoms with Crippen LogP contribution in [0.25, 0.3) is 0 Å². The number of aliphatic carboxylic acids is 1. The van der Waals surface area contributed by atoms with E-state index in [1.54, 1.807) is 0 Å². The Labute approximate surface area is 61.2 Å². The van der Waals surface area contributed by atoms with Crippen molar-refractivity contribution in [2.75, 3.05) is 0 Å². The second-order valence-electron chi connectivity index (χ2n) is 3.26. The van der Waals surface area contributed by atoms with Crippen molar-refractivity contribution in [2.24, 2.45) is 11.8 Å². The highest BCUT2D eigenvalue weighted by atomic mass is 16.4. The summed E-state index contributed by atoms with van der Waals surface area (Å²) in [6.07, 6.45) is 3.65. The first-order chi connectivity index (χ1) is 4.70. The zero-order chi connectivity index (χ0) is 7.56. The second kappa shape index (κ2) is 3.04. The minimum atomic E-state index is -0.659. The first-order valence-electron chi connectivity index (χ1n) is 3.92. The lowest BCUT2D eigenvalue weighted by molar-refractivity contribution is -0.137. The molecule has 0 aromatic carbocycles. The molecule has 2 atom stereocenters. The van der Waals surface area contributed by atoms with Crippen LogP contribution in [0, 0.1) is 11.8 Å². The predicted molar refractivity (Wildman–Crippen MR) is 38.8 cm³/mol. The SMILES string of the molecule is C[C@H]1C[C@H]1CCCC(=O)O. The van der Waals surface area contributed by atoms with Crippen LogP contribution in [0.3, 0.4) is 0 Å². The van der Waals surface area contributed by atoms with E-state index >= 15 is 0 Å². The van der Waals surface area contributed by atoms with E-state index in [9.17, 15) is 4.79 Å². The molecule has 0 heterocycles. The van der Waals surface area contributed by atoms with Gasteiger partial charge in [-0.25, -0.2) is 0 Å². The Morgan fingerprint density at radius 1 is 1.70 bits per heavy atom. The first kappa shape index (κ1) is 7.58. The minimum Gasteiger partial charge on any atom is -0.481 e. The van der Waals surface area contributed by atoms with Crippen LogP contribution >= 0.6 is 0 Å². The fraction of sp³-hybridized carbons (Fsp3) is 0.875. The van der Waals surface area contributed by atoms with E-state index in [1.165, 1.54) is 6.42 Å². The summed E-state index contributed by atoms with van der Waals surface area (Å²) in [5.41, 5.74) is 0. The van der Waals surface area contributed by atoms with Crippen molar-refractivity contribution >= 4 is 5.97 Å². The smallest absolute Gasteiger partial charge is 0.303 e. The molecule has 0 radical (unpaired) electrons. The molecule has 2 nitrogen and oxygen atoms in total. The Hall–Kier alpha value is -0.530. The molecular weight excluding hydrogens is 128 g/mol. The molecule has 0 saturated heterocycles. The molecule has 1 saturated carbocycles. The molecule has 0 spiro atoms. The summed E-state index contributed by atoms with van der Waals surface area (Å²) in [4.78, 5) is 10.1. The van der Waals surface area contributed by atoms with Gasteiger partial charge < -0.3 is 5.11 Å². The van der Waals surface area contributed by atoms with Gasteiger partial charge in [0.05, 0.1) is 0 Å². The highest BCUT2D eigenvalue weighted by Gasteiger charge is 2.31. The summed E-state index contributed by atoms with van der Waals surface area (Å²) < 4.78 is 0. The number of carboxylic acids is 1. The summed E-state index contributed by atoms with van der Waals surface area (Å²) in [5.74, 6) is 1.06.